The summed E-state index contributed by atoms with van der Waals surface area (Å²) in [5.41, 5.74) is 2.67. The van der Waals surface area contributed by atoms with Crippen LogP contribution in [0.1, 0.15) is 37.6 Å². The Morgan fingerprint density at radius 3 is 2.35 bits per heavy atom. The van der Waals surface area contributed by atoms with Crippen LogP contribution < -0.4 is 0 Å². The van der Waals surface area contributed by atoms with Crippen molar-refractivity contribution in [3.8, 4) is 11.1 Å². The Morgan fingerprint density at radius 2 is 1.68 bits per heavy atom. The fourth-order valence-electron chi connectivity index (χ4n) is 4.20. The van der Waals surface area contributed by atoms with Crippen molar-refractivity contribution in [2.45, 2.75) is 51.9 Å². The second-order valence-corrected chi connectivity index (χ2v) is 10.7. The van der Waals surface area contributed by atoms with Crippen molar-refractivity contribution in [3.63, 3.8) is 0 Å². The van der Waals surface area contributed by atoms with Gasteiger partial charge in [-0.25, -0.2) is 9.59 Å². The van der Waals surface area contributed by atoms with E-state index in [1.165, 1.54) is 16.0 Å². The number of esters is 1. The first-order valence-electron chi connectivity index (χ1n) is 11.6. The molecule has 34 heavy (non-hydrogen) atoms. The number of amides is 1. The van der Waals surface area contributed by atoms with E-state index < -0.39 is 17.7 Å². The van der Waals surface area contributed by atoms with E-state index in [2.05, 4.69) is 23.6 Å². The Hall–Kier alpha value is -3.12. The quantitative estimate of drug-likeness (QED) is 0.390. The molecule has 178 valence electrons. The van der Waals surface area contributed by atoms with Crippen LogP contribution in [0.4, 0.5) is 4.79 Å². The Morgan fingerprint density at radius 1 is 1.00 bits per heavy atom. The topological polar surface area (TPSA) is 55.8 Å². The zero-order chi connectivity index (χ0) is 24.1. The SMILES string of the molecule is CC(C)(C)OC(=O)N1C[C@@H](Cc2cc(-c3ccccc3)cs2)C[C@@H]1C(=O)OCc1ccccc1. The molecule has 0 aliphatic carbocycles. The zero-order valence-corrected chi connectivity index (χ0v) is 20.7. The summed E-state index contributed by atoms with van der Waals surface area (Å²) in [5.74, 6) is -0.225. The van der Waals surface area contributed by atoms with E-state index in [1.54, 1.807) is 16.2 Å². The van der Waals surface area contributed by atoms with E-state index in [0.29, 0.717) is 13.0 Å². The Labute approximate surface area is 205 Å². The number of thiophene rings is 1. The zero-order valence-electron chi connectivity index (χ0n) is 19.9. The molecular formula is C28H31NO4S. The lowest BCUT2D eigenvalue weighted by Gasteiger charge is -2.27. The van der Waals surface area contributed by atoms with Crippen molar-refractivity contribution < 1.29 is 19.1 Å². The minimum Gasteiger partial charge on any atom is -0.459 e. The first-order chi connectivity index (χ1) is 16.3. The summed E-state index contributed by atoms with van der Waals surface area (Å²) in [6, 6.07) is 21.4. The van der Waals surface area contributed by atoms with Crippen LogP contribution in [0.5, 0.6) is 0 Å². The molecule has 2 atom stereocenters. The maximum Gasteiger partial charge on any atom is 0.411 e. The molecule has 2 heterocycles. The van der Waals surface area contributed by atoms with Gasteiger partial charge in [0.1, 0.15) is 18.2 Å². The summed E-state index contributed by atoms with van der Waals surface area (Å²) in [4.78, 5) is 28.7. The van der Waals surface area contributed by atoms with Crippen molar-refractivity contribution in [2.24, 2.45) is 5.92 Å². The van der Waals surface area contributed by atoms with E-state index in [9.17, 15) is 9.59 Å². The maximum absolute atomic E-state index is 13.0. The molecule has 2 aromatic carbocycles. The molecule has 0 unspecified atom stereocenters. The lowest BCUT2D eigenvalue weighted by Crippen LogP contribution is -2.44. The summed E-state index contributed by atoms with van der Waals surface area (Å²) in [6.07, 6.45) is 0.901. The third-order valence-corrected chi connectivity index (χ3v) is 6.72. The number of hydrogen-bond donors (Lipinski definition) is 0. The second-order valence-electron chi connectivity index (χ2n) is 9.72. The highest BCUT2D eigenvalue weighted by atomic mass is 32.1. The lowest BCUT2D eigenvalue weighted by atomic mass is 10.00. The molecule has 1 amide bonds. The lowest BCUT2D eigenvalue weighted by molar-refractivity contribution is -0.150. The van der Waals surface area contributed by atoms with Crippen LogP contribution in [0.2, 0.25) is 0 Å². The minimum absolute atomic E-state index is 0.157. The van der Waals surface area contributed by atoms with Crippen molar-refractivity contribution in [1.82, 2.24) is 4.90 Å². The van der Waals surface area contributed by atoms with Gasteiger partial charge in [0.05, 0.1) is 0 Å². The Bertz CT molecular complexity index is 1100. The number of nitrogens with zero attached hydrogens (tertiary/aromatic N) is 1. The molecular weight excluding hydrogens is 446 g/mol. The maximum atomic E-state index is 13.0. The molecule has 1 aliphatic heterocycles. The third kappa shape index (κ3) is 6.26. The molecule has 3 aromatic rings. The van der Waals surface area contributed by atoms with Crippen LogP contribution in [0.25, 0.3) is 11.1 Å². The predicted octanol–water partition coefficient (Wildman–Crippen LogP) is 6.33. The molecule has 0 spiro atoms. The van der Waals surface area contributed by atoms with E-state index >= 15 is 0 Å². The highest BCUT2D eigenvalue weighted by Gasteiger charge is 2.42. The smallest absolute Gasteiger partial charge is 0.411 e. The molecule has 5 nitrogen and oxygen atoms in total. The van der Waals surface area contributed by atoms with Gasteiger partial charge in [-0.1, -0.05) is 60.7 Å². The van der Waals surface area contributed by atoms with Gasteiger partial charge in [0.15, 0.2) is 0 Å². The molecule has 1 aliphatic rings. The summed E-state index contributed by atoms with van der Waals surface area (Å²) in [6.45, 7) is 6.15. The molecule has 0 bridgehead atoms. The molecule has 1 fully saturated rings. The van der Waals surface area contributed by atoms with Crippen LogP contribution in [0, 0.1) is 5.92 Å². The van der Waals surface area contributed by atoms with Crippen molar-refractivity contribution >= 4 is 23.4 Å². The van der Waals surface area contributed by atoms with Crippen LogP contribution in [-0.4, -0.2) is 35.2 Å². The number of hydrogen-bond acceptors (Lipinski definition) is 5. The predicted molar refractivity (Wildman–Crippen MR) is 135 cm³/mol. The normalized spacial score (nSPS) is 18.0. The Kier molecular flexibility index (Phi) is 7.37. The highest BCUT2D eigenvalue weighted by molar-refractivity contribution is 7.10. The van der Waals surface area contributed by atoms with Crippen molar-refractivity contribution in [1.29, 1.82) is 0 Å². The fourth-order valence-corrected chi connectivity index (χ4v) is 5.21. The van der Waals surface area contributed by atoms with Gasteiger partial charge in [-0.15, -0.1) is 11.3 Å². The summed E-state index contributed by atoms with van der Waals surface area (Å²) >= 11 is 1.72. The van der Waals surface area contributed by atoms with Gasteiger partial charge in [-0.2, -0.15) is 0 Å². The first kappa shape index (κ1) is 24.0. The molecule has 1 aromatic heterocycles. The number of rotatable bonds is 6. The van der Waals surface area contributed by atoms with Crippen LogP contribution in [-0.2, 0) is 27.3 Å². The third-order valence-electron chi connectivity index (χ3n) is 5.76. The van der Waals surface area contributed by atoms with E-state index in [0.717, 1.165) is 12.0 Å². The van der Waals surface area contributed by atoms with Gasteiger partial charge in [0.2, 0.25) is 0 Å². The highest BCUT2D eigenvalue weighted by Crippen LogP contribution is 2.33. The van der Waals surface area contributed by atoms with Crippen LogP contribution in [0.15, 0.2) is 72.1 Å². The van der Waals surface area contributed by atoms with Crippen molar-refractivity contribution in [2.75, 3.05) is 6.54 Å². The molecule has 0 saturated carbocycles. The summed E-state index contributed by atoms with van der Waals surface area (Å²) < 4.78 is 11.2. The standard InChI is InChI=1S/C28H31NO4S/c1-28(2,3)33-27(31)29-17-21(14-24-16-23(19-34-24)22-12-8-5-9-13-22)15-25(29)26(30)32-18-20-10-6-4-7-11-20/h4-13,16,19,21,25H,14-15,17-18H2,1-3H3/t21-,25+/m0/s1. The summed E-state index contributed by atoms with van der Waals surface area (Å²) in [7, 11) is 0. The van der Waals surface area contributed by atoms with E-state index in [4.69, 9.17) is 9.47 Å². The van der Waals surface area contributed by atoms with E-state index in [1.807, 2.05) is 69.3 Å². The number of carbonyl (C=O) groups excluding carboxylic acids is 2. The average molecular weight is 478 g/mol. The van der Waals surface area contributed by atoms with Gasteiger partial charge >= 0.3 is 12.1 Å². The summed E-state index contributed by atoms with van der Waals surface area (Å²) in [5, 5.41) is 2.16. The van der Waals surface area contributed by atoms with Gasteiger partial charge in [0, 0.05) is 11.4 Å². The molecule has 0 radical (unpaired) electrons. The van der Waals surface area contributed by atoms with E-state index in [-0.39, 0.29) is 18.5 Å². The number of benzene rings is 2. The monoisotopic (exact) mass is 477 g/mol. The second kappa shape index (κ2) is 10.4. The molecule has 0 N–H and O–H groups in total. The minimum atomic E-state index is -0.642. The van der Waals surface area contributed by atoms with Crippen molar-refractivity contribution in [3.05, 3.63) is 82.6 Å². The van der Waals surface area contributed by atoms with Gasteiger partial charge in [-0.3, -0.25) is 4.90 Å². The van der Waals surface area contributed by atoms with Crippen LogP contribution in [0.3, 0.4) is 0 Å². The number of ether oxygens (including phenoxy) is 2. The molecule has 4 rings (SSSR count). The van der Waals surface area contributed by atoms with Gasteiger partial charge in [0.25, 0.3) is 0 Å². The molecule has 6 heteroatoms. The first-order valence-corrected chi connectivity index (χ1v) is 12.5. The number of carbonyl (C=O) groups is 2. The number of likely N-dealkylation sites (tertiary alicyclic amines) is 1. The van der Waals surface area contributed by atoms with Crippen LogP contribution >= 0.6 is 11.3 Å². The molecule has 1 saturated heterocycles. The Balaban J connectivity index is 1.45. The van der Waals surface area contributed by atoms with Gasteiger partial charge in [-0.05, 0) is 67.7 Å². The average Bonchev–Trinajstić information content (AvgIpc) is 3.45. The largest absolute Gasteiger partial charge is 0.459 e. The fraction of sp³-hybridized carbons (Fsp3) is 0.357. The van der Waals surface area contributed by atoms with Gasteiger partial charge < -0.3 is 9.47 Å².